The summed E-state index contributed by atoms with van der Waals surface area (Å²) in [5, 5.41) is 3.84. The van der Waals surface area contributed by atoms with Crippen molar-refractivity contribution in [1.82, 2.24) is 19.8 Å². The first-order valence-corrected chi connectivity index (χ1v) is 12.0. The summed E-state index contributed by atoms with van der Waals surface area (Å²) < 4.78 is 6.93. The van der Waals surface area contributed by atoms with Crippen LogP contribution in [0.4, 0.5) is 4.79 Å². The second-order valence-corrected chi connectivity index (χ2v) is 9.27. The van der Waals surface area contributed by atoms with E-state index in [4.69, 9.17) is 9.72 Å². The van der Waals surface area contributed by atoms with E-state index in [1.165, 1.54) is 6.42 Å². The van der Waals surface area contributed by atoms with Crippen LogP contribution in [0, 0.1) is 5.92 Å². The van der Waals surface area contributed by atoms with Crippen LogP contribution in [-0.4, -0.2) is 46.8 Å². The molecule has 1 fully saturated rings. The topological polar surface area (TPSA) is 76.5 Å². The minimum atomic E-state index is -0.341. The molecule has 1 aliphatic rings. The zero-order valence-electron chi connectivity index (χ0n) is 20.0. The number of carbonyl (C=O) groups is 1. The molecule has 3 rings (SSSR count). The van der Waals surface area contributed by atoms with Gasteiger partial charge in [0, 0.05) is 19.7 Å². The second kappa shape index (κ2) is 11.5. The van der Waals surface area contributed by atoms with Gasteiger partial charge in [-0.25, -0.2) is 9.78 Å². The number of nitrogens with zero attached hydrogens (tertiary/aromatic N) is 3. The number of hydrogen-bond donors (Lipinski definition) is 1. The summed E-state index contributed by atoms with van der Waals surface area (Å²) >= 11 is 0. The van der Waals surface area contributed by atoms with Crippen molar-refractivity contribution in [2.45, 2.75) is 77.9 Å². The lowest BCUT2D eigenvalue weighted by molar-refractivity contribution is 0.159. The summed E-state index contributed by atoms with van der Waals surface area (Å²) in [6.07, 6.45) is 6.52. The first-order valence-electron chi connectivity index (χ1n) is 12.0. The summed E-state index contributed by atoms with van der Waals surface area (Å²) in [6.45, 7) is 7.70. The highest BCUT2D eigenvalue weighted by molar-refractivity contribution is 5.78. The minimum absolute atomic E-state index is 0.0641. The van der Waals surface area contributed by atoms with Crippen molar-refractivity contribution in [1.29, 1.82) is 0 Å². The molecule has 0 saturated heterocycles. The van der Waals surface area contributed by atoms with Gasteiger partial charge < -0.3 is 15.0 Å². The molecule has 1 aliphatic carbocycles. The number of para-hydroxylation sites is 1. The molecule has 1 atom stereocenters. The molecule has 7 heteroatoms. The van der Waals surface area contributed by atoms with Crippen LogP contribution in [0.15, 0.2) is 29.1 Å². The standard InChI is InChI=1S/C25H38N4O3/c1-18(2)14-15-28(25(31)26-20-10-6-5-7-11-20)19(3)23-27-22-13-9-8-12-21(22)24(30)29(23)16-17-32-4/h8-9,12-13,18-20H,5-7,10-11,14-17H2,1-4H3,(H,26,31). The highest BCUT2D eigenvalue weighted by Gasteiger charge is 2.28. The van der Waals surface area contributed by atoms with Crippen molar-refractivity contribution in [3.05, 3.63) is 40.4 Å². The van der Waals surface area contributed by atoms with Crippen molar-refractivity contribution in [2.24, 2.45) is 5.92 Å². The molecular formula is C25H38N4O3. The molecule has 1 N–H and O–H groups in total. The number of amides is 2. The summed E-state index contributed by atoms with van der Waals surface area (Å²) in [6, 6.07) is 7.21. The molecule has 1 unspecified atom stereocenters. The van der Waals surface area contributed by atoms with E-state index in [-0.39, 0.29) is 23.7 Å². The third-order valence-corrected chi connectivity index (χ3v) is 6.39. The third kappa shape index (κ3) is 5.88. The molecule has 0 radical (unpaired) electrons. The summed E-state index contributed by atoms with van der Waals surface area (Å²) in [5.41, 5.74) is 0.565. The van der Waals surface area contributed by atoms with Crippen molar-refractivity contribution < 1.29 is 9.53 Å². The normalized spacial score (nSPS) is 15.8. The number of fused-ring (bicyclic) bond motifs is 1. The maximum Gasteiger partial charge on any atom is 0.318 e. The van der Waals surface area contributed by atoms with Gasteiger partial charge in [-0.15, -0.1) is 0 Å². The number of rotatable bonds is 9. The van der Waals surface area contributed by atoms with E-state index in [0.717, 1.165) is 32.1 Å². The van der Waals surface area contributed by atoms with Crippen LogP contribution in [0.1, 0.15) is 71.2 Å². The van der Waals surface area contributed by atoms with Crippen LogP contribution in [0.5, 0.6) is 0 Å². The monoisotopic (exact) mass is 442 g/mol. The largest absolute Gasteiger partial charge is 0.383 e. The maximum absolute atomic E-state index is 13.4. The van der Waals surface area contributed by atoms with Crippen molar-refractivity contribution in [3.63, 3.8) is 0 Å². The molecule has 176 valence electrons. The summed E-state index contributed by atoms with van der Waals surface area (Å²) in [4.78, 5) is 33.4. The Bertz CT molecular complexity index is 950. The highest BCUT2D eigenvalue weighted by atomic mass is 16.5. The summed E-state index contributed by atoms with van der Waals surface area (Å²) in [5.74, 6) is 1.07. The molecule has 1 saturated carbocycles. The first kappa shape index (κ1) is 24.2. The number of ether oxygens (including phenoxy) is 1. The summed E-state index contributed by atoms with van der Waals surface area (Å²) in [7, 11) is 1.62. The Morgan fingerprint density at radius 2 is 1.94 bits per heavy atom. The number of methoxy groups -OCH3 is 1. The number of aromatic nitrogens is 2. The lowest BCUT2D eigenvalue weighted by Crippen LogP contribution is -2.48. The van der Waals surface area contributed by atoms with E-state index in [1.54, 1.807) is 17.7 Å². The molecule has 0 spiro atoms. The number of nitrogens with one attached hydrogen (secondary N) is 1. The molecule has 1 aromatic carbocycles. The Hall–Kier alpha value is -2.41. The van der Waals surface area contributed by atoms with Crippen LogP contribution in [0.2, 0.25) is 0 Å². The number of benzene rings is 1. The van der Waals surface area contributed by atoms with Gasteiger partial charge >= 0.3 is 6.03 Å². The Morgan fingerprint density at radius 3 is 2.62 bits per heavy atom. The molecule has 2 amide bonds. The molecule has 2 aromatic rings. The van der Waals surface area contributed by atoms with Gasteiger partial charge in [-0.2, -0.15) is 0 Å². The van der Waals surface area contributed by atoms with Crippen molar-refractivity contribution in [2.75, 3.05) is 20.3 Å². The van der Waals surface area contributed by atoms with Crippen molar-refractivity contribution >= 4 is 16.9 Å². The van der Waals surface area contributed by atoms with Gasteiger partial charge in [0.1, 0.15) is 5.82 Å². The highest BCUT2D eigenvalue weighted by Crippen LogP contribution is 2.23. The minimum Gasteiger partial charge on any atom is -0.383 e. The average molecular weight is 443 g/mol. The maximum atomic E-state index is 13.4. The number of urea groups is 1. The SMILES string of the molecule is COCCn1c(C(C)N(CCC(C)C)C(=O)NC2CCCCC2)nc2ccccc2c1=O. The van der Waals surface area contributed by atoms with E-state index >= 15 is 0 Å². The van der Waals surface area contributed by atoms with E-state index in [9.17, 15) is 9.59 Å². The molecule has 1 heterocycles. The van der Waals surface area contributed by atoms with Gasteiger partial charge in [-0.1, -0.05) is 45.2 Å². The van der Waals surface area contributed by atoms with Crippen molar-refractivity contribution in [3.8, 4) is 0 Å². The fraction of sp³-hybridized carbons (Fsp3) is 0.640. The fourth-order valence-electron chi connectivity index (χ4n) is 4.42. The van der Waals surface area contributed by atoms with Crippen LogP contribution in [-0.2, 0) is 11.3 Å². The molecular weight excluding hydrogens is 404 g/mol. The lowest BCUT2D eigenvalue weighted by Gasteiger charge is -2.33. The van der Waals surface area contributed by atoms with Gasteiger partial charge in [0.25, 0.3) is 5.56 Å². The van der Waals surface area contributed by atoms with Gasteiger partial charge in [-0.05, 0) is 44.2 Å². The molecule has 7 nitrogen and oxygen atoms in total. The van der Waals surface area contributed by atoms with E-state index in [0.29, 0.717) is 42.3 Å². The van der Waals surface area contributed by atoms with E-state index < -0.39 is 0 Å². The third-order valence-electron chi connectivity index (χ3n) is 6.39. The predicted octanol–water partition coefficient (Wildman–Crippen LogP) is 4.49. The van der Waals surface area contributed by atoms with Crippen LogP contribution in [0.3, 0.4) is 0 Å². The molecule has 0 aliphatic heterocycles. The van der Waals surface area contributed by atoms with Crippen LogP contribution in [0.25, 0.3) is 10.9 Å². The van der Waals surface area contributed by atoms with Gasteiger partial charge in [0.15, 0.2) is 0 Å². The predicted molar refractivity (Wildman–Crippen MR) is 128 cm³/mol. The molecule has 0 bridgehead atoms. The quantitative estimate of drug-likeness (QED) is 0.621. The lowest BCUT2D eigenvalue weighted by atomic mass is 9.96. The zero-order valence-corrected chi connectivity index (χ0v) is 20.0. The fourth-order valence-corrected chi connectivity index (χ4v) is 4.42. The van der Waals surface area contributed by atoms with Gasteiger partial charge in [0.2, 0.25) is 0 Å². The smallest absolute Gasteiger partial charge is 0.318 e. The number of carbonyl (C=O) groups excluding carboxylic acids is 1. The average Bonchev–Trinajstić information content (AvgIpc) is 2.79. The van der Waals surface area contributed by atoms with Crippen LogP contribution < -0.4 is 10.9 Å². The van der Waals surface area contributed by atoms with E-state index in [1.807, 2.05) is 30.0 Å². The molecule has 32 heavy (non-hydrogen) atoms. The second-order valence-electron chi connectivity index (χ2n) is 9.27. The Labute approximate surface area is 191 Å². The van der Waals surface area contributed by atoms with Gasteiger partial charge in [0.05, 0.1) is 30.1 Å². The number of hydrogen-bond acceptors (Lipinski definition) is 4. The van der Waals surface area contributed by atoms with Crippen LogP contribution >= 0.6 is 0 Å². The zero-order chi connectivity index (χ0) is 23.1. The Balaban J connectivity index is 1.96. The molecule has 1 aromatic heterocycles. The Kier molecular flexibility index (Phi) is 8.67. The Morgan fingerprint density at radius 1 is 1.22 bits per heavy atom. The first-order chi connectivity index (χ1) is 15.4. The van der Waals surface area contributed by atoms with Gasteiger partial charge in [-0.3, -0.25) is 9.36 Å². The van der Waals surface area contributed by atoms with E-state index in [2.05, 4.69) is 19.2 Å².